The monoisotopic (exact) mass is 264 g/mol. The van der Waals surface area contributed by atoms with Gasteiger partial charge in [0, 0.05) is 19.5 Å². The van der Waals surface area contributed by atoms with Gasteiger partial charge in [0.25, 0.3) is 0 Å². The molecule has 1 fully saturated rings. The van der Waals surface area contributed by atoms with Crippen molar-refractivity contribution in [2.45, 2.75) is 31.8 Å². The maximum atomic E-state index is 12.8. The van der Waals surface area contributed by atoms with Gasteiger partial charge in [0.05, 0.1) is 6.04 Å². The number of benzene rings is 1. The number of hydrogen-bond acceptors (Lipinski definition) is 3. The van der Waals surface area contributed by atoms with Crippen LogP contribution < -0.4 is 5.32 Å². The summed E-state index contributed by atoms with van der Waals surface area (Å²) >= 11 is 0. The number of piperidine rings is 1. The van der Waals surface area contributed by atoms with Crippen molar-refractivity contribution >= 4 is 11.8 Å². The van der Waals surface area contributed by atoms with Crippen molar-refractivity contribution in [3.05, 3.63) is 35.6 Å². The summed E-state index contributed by atoms with van der Waals surface area (Å²) in [5.74, 6) is -0.627. The normalized spacial score (nSPS) is 21.6. The second kappa shape index (κ2) is 5.48. The number of halogens is 1. The van der Waals surface area contributed by atoms with Gasteiger partial charge in [0.1, 0.15) is 5.82 Å². The van der Waals surface area contributed by atoms with Gasteiger partial charge in [-0.3, -0.25) is 19.8 Å². The van der Waals surface area contributed by atoms with E-state index >= 15 is 0 Å². The van der Waals surface area contributed by atoms with Crippen molar-refractivity contribution in [1.29, 1.82) is 0 Å². The number of hydrogen-bond donors (Lipinski definition) is 1. The van der Waals surface area contributed by atoms with Gasteiger partial charge in [-0.2, -0.15) is 0 Å². The van der Waals surface area contributed by atoms with Crippen LogP contribution in [0.3, 0.4) is 0 Å². The summed E-state index contributed by atoms with van der Waals surface area (Å²) in [6.07, 6.45) is 0.879. The third-order valence-corrected chi connectivity index (χ3v) is 3.47. The lowest BCUT2D eigenvalue weighted by Crippen LogP contribution is -2.51. The van der Waals surface area contributed by atoms with Gasteiger partial charge in [0.2, 0.25) is 11.8 Å². The first-order chi connectivity index (χ1) is 8.99. The third kappa shape index (κ3) is 2.98. The molecule has 0 saturated carbocycles. The molecule has 4 nitrogen and oxygen atoms in total. The highest BCUT2D eigenvalue weighted by molar-refractivity contribution is 6.00. The first kappa shape index (κ1) is 13.7. The molecule has 1 aliphatic heterocycles. The average Bonchev–Trinajstić information content (AvgIpc) is 2.40. The molecular formula is C14H17FN2O2. The minimum absolute atomic E-state index is 0.0730. The molecule has 0 bridgehead atoms. The number of nitrogens with one attached hydrogen (secondary N) is 1. The Morgan fingerprint density at radius 3 is 2.58 bits per heavy atom. The lowest BCUT2D eigenvalue weighted by Gasteiger charge is -2.30. The molecule has 2 unspecified atom stereocenters. The van der Waals surface area contributed by atoms with Gasteiger partial charge in [0.15, 0.2) is 0 Å². The molecule has 0 aliphatic carbocycles. The second-order valence-electron chi connectivity index (χ2n) is 4.82. The predicted molar refractivity (Wildman–Crippen MR) is 68.7 cm³/mol. The summed E-state index contributed by atoms with van der Waals surface area (Å²) < 4.78 is 12.8. The summed E-state index contributed by atoms with van der Waals surface area (Å²) in [4.78, 5) is 24.5. The highest BCUT2D eigenvalue weighted by Gasteiger charge is 2.32. The van der Waals surface area contributed by atoms with Crippen LogP contribution >= 0.6 is 0 Å². The summed E-state index contributed by atoms with van der Waals surface area (Å²) in [7, 11) is 1.50. The fourth-order valence-corrected chi connectivity index (χ4v) is 2.22. The van der Waals surface area contributed by atoms with Gasteiger partial charge in [-0.15, -0.1) is 0 Å². The van der Waals surface area contributed by atoms with E-state index in [4.69, 9.17) is 0 Å². The van der Waals surface area contributed by atoms with E-state index in [0.29, 0.717) is 12.8 Å². The number of nitrogens with zero attached hydrogens (tertiary/aromatic N) is 1. The van der Waals surface area contributed by atoms with E-state index in [9.17, 15) is 14.0 Å². The van der Waals surface area contributed by atoms with Crippen molar-refractivity contribution < 1.29 is 14.0 Å². The molecule has 1 aromatic rings. The van der Waals surface area contributed by atoms with Gasteiger partial charge in [-0.05, 0) is 31.0 Å². The molecule has 1 N–H and O–H groups in total. The van der Waals surface area contributed by atoms with Crippen LogP contribution in [0.5, 0.6) is 0 Å². The number of imide groups is 1. The molecule has 2 amide bonds. The number of carbonyl (C=O) groups is 2. The Kier molecular flexibility index (Phi) is 3.95. The molecule has 0 aromatic heterocycles. The number of likely N-dealkylation sites (N-methyl/N-ethyl adjacent to an activating group) is 1. The number of amides is 2. The standard InChI is InChI=1S/C14H17FN2O2/c1-9(10-3-5-11(15)6-4-10)16-12-7-8-13(18)17(2)14(12)19/h3-6,9,12,16H,7-8H2,1-2H3. The minimum Gasteiger partial charge on any atom is -0.299 e. The van der Waals surface area contributed by atoms with Gasteiger partial charge in [-0.25, -0.2) is 4.39 Å². The van der Waals surface area contributed by atoms with E-state index in [2.05, 4.69) is 5.32 Å². The first-order valence-electron chi connectivity index (χ1n) is 6.31. The Balaban J connectivity index is 2.02. The summed E-state index contributed by atoms with van der Waals surface area (Å²) in [6.45, 7) is 1.91. The smallest absolute Gasteiger partial charge is 0.246 e. The van der Waals surface area contributed by atoms with E-state index in [0.717, 1.165) is 5.56 Å². The molecule has 1 heterocycles. The van der Waals surface area contributed by atoms with E-state index < -0.39 is 0 Å². The summed E-state index contributed by atoms with van der Waals surface area (Å²) in [5.41, 5.74) is 0.911. The molecule has 1 saturated heterocycles. The summed E-state index contributed by atoms with van der Waals surface area (Å²) in [5, 5.41) is 3.19. The fourth-order valence-electron chi connectivity index (χ4n) is 2.22. The molecule has 5 heteroatoms. The van der Waals surface area contributed by atoms with E-state index in [1.165, 1.54) is 24.1 Å². The summed E-state index contributed by atoms with van der Waals surface area (Å²) in [6, 6.07) is 5.74. The molecule has 1 aromatic carbocycles. The van der Waals surface area contributed by atoms with Crippen LogP contribution in [0, 0.1) is 5.82 Å². The Bertz CT molecular complexity index is 487. The Labute approximate surface area is 111 Å². The van der Waals surface area contributed by atoms with Crippen molar-refractivity contribution in [3.8, 4) is 0 Å². The van der Waals surface area contributed by atoms with Crippen molar-refractivity contribution in [1.82, 2.24) is 10.2 Å². The first-order valence-corrected chi connectivity index (χ1v) is 6.31. The lowest BCUT2D eigenvalue weighted by molar-refractivity contribution is -0.148. The van der Waals surface area contributed by atoms with Crippen LogP contribution in [-0.2, 0) is 9.59 Å². The number of rotatable bonds is 3. The van der Waals surface area contributed by atoms with Crippen LogP contribution in [0.15, 0.2) is 24.3 Å². The maximum Gasteiger partial charge on any atom is 0.246 e. The topological polar surface area (TPSA) is 49.4 Å². The van der Waals surface area contributed by atoms with Crippen LogP contribution in [0.1, 0.15) is 31.4 Å². The number of carbonyl (C=O) groups excluding carboxylic acids is 2. The predicted octanol–water partition coefficient (Wildman–Crippen LogP) is 1.62. The average molecular weight is 264 g/mol. The van der Waals surface area contributed by atoms with Crippen molar-refractivity contribution in [2.75, 3.05) is 7.05 Å². The van der Waals surface area contributed by atoms with Crippen LogP contribution in [-0.4, -0.2) is 29.8 Å². The zero-order valence-electron chi connectivity index (χ0n) is 11.0. The maximum absolute atomic E-state index is 12.8. The highest BCUT2D eigenvalue weighted by Crippen LogP contribution is 2.18. The number of likely N-dealkylation sites (tertiary alicyclic amines) is 1. The van der Waals surface area contributed by atoms with Crippen molar-refractivity contribution in [2.24, 2.45) is 0 Å². The fraction of sp³-hybridized carbons (Fsp3) is 0.429. The van der Waals surface area contributed by atoms with Crippen molar-refractivity contribution in [3.63, 3.8) is 0 Å². The highest BCUT2D eigenvalue weighted by atomic mass is 19.1. The van der Waals surface area contributed by atoms with E-state index in [1.807, 2.05) is 6.92 Å². The van der Waals surface area contributed by atoms with Gasteiger partial charge >= 0.3 is 0 Å². The van der Waals surface area contributed by atoms with Crippen LogP contribution in [0.4, 0.5) is 4.39 Å². The minimum atomic E-state index is -0.359. The van der Waals surface area contributed by atoms with Gasteiger partial charge in [-0.1, -0.05) is 12.1 Å². The molecule has 1 aliphatic rings. The quantitative estimate of drug-likeness (QED) is 0.844. The van der Waals surface area contributed by atoms with Crippen LogP contribution in [0.25, 0.3) is 0 Å². The zero-order chi connectivity index (χ0) is 14.0. The van der Waals surface area contributed by atoms with Gasteiger partial charge < -0.3 is 0 Å². The molecule has 19 heavy (non-hydrogen) atoms. The molecule has 0 spiro atoms. The zero-order valence-corrected chi connectivity index (χ0v) is 11.0. The largest absolute Gasteiger partial charge is 0.299 e. The molecule has 2 atom stereocenters. The SMILES string of the molecule is CC(NC1CCC(=O)N(C)C1=O)c1ccc(F)cc1. The Hall–Kier alpha value is -1.75. The molecule has 0 radical (unpaired) electrons. The van der Waals surface area contributed by atoms with E-state index in [-0.39, 0.29) is 29.7 Å². The third-order valence-electron chi connectivity index (χ3n) is 3.47. The lowest BCUT2D eigenvalue weighted by atomic mass is 10.0. The Morgan fingerprint density at radius 1 is 1.32 bits per heavy atom. The molecule has 102 valence electrons. The second-order valence-corrected chi connectivity index (χ2v) is 4.82. The Morgan fingerprint density at radius 2 is 1.95 bits per heavy atom. The van der Waals surface area contributed by atoms with E-state index in [1.54, 1.807) is 12.1 Å². The molecule has 2 rings (SSSR count). The van der Waals surface area contributed by atoms with Crippen LogP contribution in [0.2, 0.25) is 0 Å². The molecular weight excluding hydrogens is 247 g/mol.